The van der Waals surface area contributed by atoms with Crippen molar-refractivity contribution in [3.63, 3.8) is 0 Å². The highest BCUT2D eigenvalue weighted by molar-refractivity contribution is 9.10. The molecule has 0 N–H and O–H groups in total. The molecule has 0 unspecified atom stereocenters. The van der Waals surface area contributed by atoms with Gasteiger partial charge in [0.05, 0.1) is 33.1 Å². The van der Waals surface area contributed by atoms with Crippen molar-refractivity contribution in [3.05, 3.63) is 58.3 Å². The van der Waals surface area contributed by atoms with E-state index in [1.165, 1.54) is 0 Å². The third-order valence-corrected chi connectivity index (χ3v) is 6.33. The molecule has 0 aliphatic carbocycles. The van der Waals surface area contributed by atoms with Crippen molar-refractivity contribution in [3.8, 4) is 0 Å². The maximum Gasteiger partial charge on any atom is 0.0996 e. The number of halogens is 1. The van der Waals surface area contributed by atoms with Gasteiger partial charge < -0.3 is 0 Å². The molecule has 5 rings (SSSR count). The fraction of sp³-hybridized carbons (Fsp3) is 0.308. The Morgan fingerprint density at radius 1 is 0.613 bits per heavy atom. The van der Waals surface area contributed by atoms with Gasteiger partial charge in [0.1, 0.15) is 0 Å². The number of pyridine rings is 2. The third kappa shape index (κ3) is 3.76. The van der Waals surface area contributed by atoms with Gasteiger partial charge >= 0.3 is 0 Å². The Bertz CT molecular complexity index is 1430. The summed E-state index contributed by atoms with van der Waals surface area (Å²) in [6.45, 7) is 4.43. The predicted molar refractivity (Wildman–Crippen MR) is 133 cm³/mol. The standard InChI is InChI=1S/C26H25BrN4/c1-3-5-7-17-10-12-19-23(28-17)24-20(13-11-18(29-24)8-6-4-2)26-25(19)30-21-14-9-16(27)15-22(21)31-26/h9-15H,3-8H2,1-2H3. The highest BCUT2D eigenvalue weighted by atomic mass is 79.9. The fourth-order valence-electron chi connectivity index (χ4n) is 4.14. The van der Waals surface area contributed by atoms with Crippen LogP contribution in [0, 0.1) is 0 Å². The van der Waals surface area contributed by atoms with Gasteiger partial charge in [-0.15, -0.1) is 0 Å². The minimum absolute atomic E-state index is 0.880. The zero-order chi connectivity index (χ0) is 21.4. The topological polar surface area (TPSA) is 51.6 Å². The van der Waals surface area contributed by atoms with Gasteiger partial charge in [-0.25, -0.2) is 9.97 Å². The van der Waals surface area contributed by atoms with Crippen molar-refractivity contribution in [1.29, 1.82) is 0 Å². The zero-order valence-corrected chi connectivity index (χ0v) is 19.5. The molecular formula is C26H25BrN4. The number of fused-ring (bicyclic) bond motifs is 7. The summed E-state index contributed by atoms with van der Waals surface area (Å²) in [6, 6.07) is 14.6. The van der Waals surface area contributed by atoms with E-state index in [9.17, 15) is 0 Å². The molecule has 0 saturated heterocycles. The molecule has 0 bridgehead atoms. The summed E-state index contributed by atoms with van der Waals surface area (Å²) in [7, 11) is 0. The number of rotatable bonds is 6. The van der Waals surface area contributed by atoms with Crippen LogP contribution in [-0.4, -0.2) is 19.9 Å². The van der Waals surface area contributed by atoms with Gasteiger partial charge in [-0.1, -0.05) is 42.6 Å². The van der Waals surface area contributed by atoms with E-state index in [4.69, 9.17) is 19.9 Å². The average molecular weight is 473 g/mol. The summed E-state index contributed by atoms with van der Waals surface area (Å²) in [5, 5.41) is 2.05. The lowest BCUT2D eigenvalue weighted by atomic mass is 10.0. The van der Waals surface area contributed by atoms with Gasteiger partial charge in [0, 0.05) is 26.6 Å². The minimum Gasteiger partial charge on any atom is -0.250 e. The van der Waals surface area contributed by atoms with E-state index in [-0.39, 0.29) is 0 Å². The van der Waals surface area contributed by atoms with Crippen LogP contribution in [0.3, 0.4) is 0 Å². The predicted octanol–water partition coefficient (Wildman–Crippen LogP) is 7.33. The molecule has 0 fully saturated rings. The van der Waals surface area contributed by atoms with E-state index in [0.717, 1.165) is 98.3 Å². The second-order valence-corrected chi connectivity index (χ2v) is 9.07. The monoisotopic (exact) mass is 472 g/mol. The van der Waals surface area contributed by atoms with E-state index in [1.807, 2.05) is 18.2 Å². The van der Waals surface area contributed by atoms with E-state index < -0.39 is 0 Å². The number of hydrogen-bond acceptors (Lipinski definition) is 4. The van der Waals surface area contributed by atoms with Gasteiger partial charge in [-0.2, -0.15) is 0 Å². The molecule has 31 heavy (non-hydrogen) atoms. The molecule has 5 aromatic rings. The van der Waals surface area contributed by atoms with Crippen LogP contribution in [0.1, 0.15) is 50.9 Å². The van der Waals surface area contributed by atoms with Gasteiger partial charge in [-0.3, -0.25) is 9.97 Å². The first-order valence-corrected chi connectivity index (χ1v) is 12.0. The molecule has 0 amide bonds. The Morgan fingerprint density at radius 2 is 1.13 bits per heavy atom. The first-order valence-electron chi connectivity index (χ1n) is 11.2. The Kier molecular flexibility index (Phi) is 5.53. The van der Waals surface area contributed by atoms with Crippen LogP contribution in [0.5, 0.6) is 0 Å². The number of aryl methyl sites for hydroxylation is 2. The molecule has 3 aromatic heterocycles. The molecule has 2 aromatic carbocycles. The number of unbranched alkanes of at least 4 members (excludes halogenated alkanes) is 2. The quantitative estimate of drug-likeness (QED) is 0.191. The maximum absolute atomic E-state index is 5.07. The molecule has 0 radical (unpaired) electrons. The summed E-state index contributed by atoms with van der Waals surface area (Å²) < 4.78 is 1.00. The molecule has 5 heteroatoms. The van der Waals surface area contributed by atoms with Gasteiger partial charge in [0.15, 0.2) is 0 Å². The molecule has 0 spiro atoms. The fourth-order valence-corrected chi connectivity index (χ4v) is 4.49. The molecule has 4 nitrogen and oxygen atoms in total. The van der Waals surface area contributed by atoms with E-state index >= 15 is 0 Å². The zero-order valence-electron chi connectivity index (χ0n) is 18.0. The smallest absolute Gasteiger partial charge is 0.0996 e. The van der Waals surface area contributed by atoms with Crippen molar-refractivity contribution in [1.82, 2.24) is 19.9 Å². The SMILES string of the molecule is CCCCc1ccc2c(n1)c1nc(CCCC)ccc1c1nc3cc(Br)ccc3nc21. The van der Waals surface area contributed by atoms with Crippen LogP contribution in [0.4, 0.5) is 0 Å². The van der Waals surface area contributed by atoms with Crippen molar-refractivity contribution < 1.29 is 0 Å². The van der Waals surface area contributed by atoms with Gasteiger partial charge in [0.25, 0.3) is 0 Å². The van der Waals surface area contributed by atoms with Crippen molar-refractivity contribution >= 4 is 59.8 Å². The van der Waals surface area contributed by atoms with Crippen LogP contribution in [-0.2, 0) is 12.8 Å². The Balaban J connectivity index is 1.87. The number of nitrogens with zero attached hydrogens (tertiary/aromatic N) is 4. The van der Waals surface area contributed by atoms with Crippen LogP contribution in [0.25, 0.3) is 43.9 Å². The number of benzene rings is 2. The van der Waals surface area contributed by atoms with Crippen LogP contribution >= 0.6 is 15.9 Å². The number of aromatic nitrogens is 4. The first-order chi connectivity index (χ1) is 15.2. The van der Waals surface area contributed by atoms with Crippen LogP contribution < -0.4 is 0 Å². The van der Waals surface area contributed by atoms with E-state index in [2.05, 4.69) is 54.0 Å². The Morgan fingerprint density at radius 3 is 1.68 bits per heavy atom. The summed E-state index contributed by atoms with van der Waals surface area (Å²) in [5.41, 5.74) is 7.68. The minimum atomic E-state index is 0.880. The second kappa shape index (κ2) is 8.46. The Hall–Kier alpha value is -2.66. The lowest BCUT2D eigenvalue weighted by molar-refractivity contribution is 0.778. The molecule has 0 aliphatic rings. The Labute approximate surface area is 190 Å². The maximum atomic E-state index is 5.07. The van der Waals surface area contributed by atoms with Gasteiger partial charge in [0.2, 0.25) is 0 Å². The van der Waals surface area contributed by atoms with Crippen molar-refractivity contribution in [2.45, 2.75) is 52.4 Å². The van der Waals surface area contributed by atoms with E-state index in [0.29, 0.717) is 0 Å². The second-order valence-electron chi connectivity index (χ2n) is 8.16. The summed E-state index contributed by atoms with van der Waals surface area (Å²) in [5.74, 6) is 0. The largest absolute Gasteiger partial charge is 0.250 e. The van der Waals surface area contributed by atoms with Crippen molar-refractivity contribution in [2.24, 2.45) is 0 Å². The highest BCUT2D eigenvalue weighted by Gasteiger charge is 2.15. The molecule has 3 heterocycles. The third-order valence-electron chi connectivity index (χ3n) is 5.84. The summed E-state index contributed by atoms with van der Waals surface area (Å²) in [4.78, 5) is 20.2. The van der Waals surface area contributed by atoms with E-state index in [1.54, 1.807) is 0 Å². The lowest BCUT2D eigenvalue weighted by Gasteiger charge is -2.12. The number of hydrogen-bond donors (Lipinski definition) is 0. The molecule has 0 saturated carbocycles. The molecule has 156 valence electrons. The molecular weight excluding hydrogens is 448 g/mol. The summed E-state index contributed by atoms with van der Waals surface area (Å²) in [6.07, 6.45) is 6.56. The highest BCUT2D eigenvalue weighted by Crippen LogP contribution is 2.33. The first kappa shape index (κ1) is 20.3. The normalized spacial score (nSPS) is 11.8. The van der Waals surface area contributed by atoms with Crippen LogP contribution in [0.2, 0.25) is 0 Å². The van der Waals surface area contributed by atoms with Gasteiger partial charge in [-0.05, 0) is 68.1 Å². The van der Waals surface area contributed by atoms with Crippen LogP contribution in [0.15, 0.2) is 46.9 Å². The lowest BCUT2D eigenvalue weighted by Crippen LogP contribution is -1.98. The average Bonchev–Trinajstić information content (AvgIpc) is 2.80. The molecule has 0 atom stereocenters. The van der Waals surface area contributed by atoms with Crippen molar-refractivity contribution in [2.75, 3.05) is 0 Å². The molecule has 0 aliphatic heterocycles. The summed E-state index contributed by atoms with van der Waals surface area (Å²) >= 11 is 3.56.